The summed E-state index contributed by atoms with van der Waals surface area (Å²) in [4.78, 5) is 19.9. The second kappa shape index (κ2) is 14.1. The van der Waals surface area contributed by atoms with E-state index in [-0.39, 0.29) is 52.6 Å². The van der Waals surface area contributed by atoms with Gasteiger partial charge in [-0.3, -0.25) is 9.52 Å². The highest BCUT2D eigenvalue weighted by Crippen LogP contribution is 2.33. The summed E-state index contributed by atoms with van der Waals surface area (Å²) in [5, 5.41) is 0.213. The van der Waals surface area contributed by atoms with Crippen molar-refractivity contribution >= 4 is 33.2 Å². The number of halogens is 1. The summed E-state index contributed by atoms with van der Waals surface area (Å²) in [6.45, 7) is 0.740. The lowest BCUT2D eigenvalue weighted by Crippen LogP contribution is -2.44. The zero-order chi connectivity index (χ0) is 32.0. The molecule has 236 valence electrons. The van der Waals surface area contributed by atoms with Crippen molar-refractivity contribution in [3.63, 3.8) is 0 Å². The average Bonchev–Trinajstić information content (AvgIpc) is 3.17. The fraction of sp³-hybridized carbons (Fsp3) is 0.250. The van der Waals surface area contributed by atoms with E-state index in [1.807, 2.05) is 36.4 Å². The van der Waals surface area contributed by atoms with Gasteiger partial charge in [0.2, 0.25) is 5.88 Å². The summed E-state index contributed by atoms with van der Waals surface area (Å²) < 4.78 is 57.3. The largest absolute Gasteiger partial charge is 0.497 e. The van der Waals surface area contributed by atoms with Gasteiger partial charge >= 0.3 is 0 Å². The van der Waals surface area contributed by atoms with Crippen LogP contribution in [0, 0.1) is 0 Å². The van der Waals surface area contributed by atoms with E-state index in [0.29, 0.717) is 18.1 Å². The van der Waals surface area contributed by atoms with Crippen LogP contribution in [0.25, 0.3) is 0 Å². The van der Waals surface area contributed by atoms with Gasteiger partial charge in [0.15, 0.2) is 0 Å². The molecule has 0 aliphatic carbocycles. The molecule has 11 nitrogen and oxygen atoms in total. The minimum absolute atomic E-state index is 0.0495. The van der Waals surface area contributed by atoms with Crippen LogP contribution in [0.1, 0.15) is 21.5 Å². The van der Waals surface area contributed by atoms with Crippen LogP contribution in [0.4, 0.5) is 5.69 Å². The van der Waals surface area contributed by atoms with Crippen LogP contribution >= 0.6 is 11.6 Å². The lowest BCUT2D eigenvalue weighted by Gasteiger charge is -2.30. The van der Waals surface area contributed by atoms with Gasteiger partial charge in [0.05, 0.1) is 59.0 Å². The lowest BCUT2D eigenvalue weighted by molar-refractivity contribution is 0.0263. The molecule has 0 radical (unpaired) electrons. The Bertz CT molecular complexity index is 1770. The Morgan fingerprint density at radius 2 is 1.76 bits per heavy atom. The molecule has 2 heterocycles. The number of amides is 1. The Hall–Kier alpha value is -4.52. The zero-order valence-corrected chi connectivity index (χ0v) is 26.4. The number of anilines is 1. The van der Waals surface area contributed by atoms with Crippen molar-refractivity contribution in [1.29, 1.82) is 0 Å². The van der Waals surface area contributed by atoms with Crippen molar-refractivity contribution < 1.29 is 36.9 Å². The molecule has 0 unspecified atom stereocenters. The van der Waals surface area contributed by atoms with Gasteiger partial charge in [-0.2, -0.15) is 0 Å². The smallest absolute Gasteiger partial charge is 0.265 e. The van der Waals surface area contributed by atoms with Crippen molar-refractivity contribution in [1.82, 2.24) is 9.88 Å². The predicted octanol–water partition coefficient (Wildman–Crippen LogP) is 5.18. The van der Waals surface area contributed by atoms with Crippen molar-refractivity contribution in [2.24, 2.45) is 0 Å². The van der Waals surface area contributed by atoms with Crippen LogP contribution in [0.15, 0.2) is 83.9 Å². The molecule has 3 aromatic carbocycles. The Morgan fingerprint density at radius 1 is 0.978 bits per heavy atom. The fourth-order valence-corrected chi connectivity index (χ4v) is 6.29. The number of aromatic nitrogens is 1. The van der Waals surface area contributed by atoms with E-state index in [4.69, 9.17) is 35.3 Å². The number of hydrogen-bond acceptors (Lipinski definition) is 9. The Morgan fingerprint density at radius 3 is 2.49 bits per heavy atom. The fourth-order valence-electron chi connectivity index (χ4n) is 4.82. The third-order valence-electron chi connectivity index (χ3n) is 7.12. The van der Waals surface area contributed by atoms with Crippen LogP contribution in [0.5, 0.6) is 23.1 Å². The third kappa shape index (κ3) is 7.42. The minimum atomic E-state index is -4.17. The summed E-state index contributed by atoms with van der Waals surface area (Å²) in [6.07, 6.45) is 1.28. The number of benzene rings is 3. The second-order valence-electron chi connectivity index (χ2n) is 10.1. The Labute approximate surface area is 266 Å². The van der Waals surface area contributed by atoms with Gasteiger partial charge in [0, 0.05) is 16.7 Å². The van der Waals surface area contributed by atoms with Gasteiger partial charge in [-0.05, 0) is 42.0 Å². The molecule has 0 saturated heterocycles. The number of nitrogens with one attached hydrogen (secondary N) is 1. The molecular weight excluding hydrogens is 622 g/mol. The first kappa shape index (κ1) is 31.9. The number of nitrogens with zero attached hydrogens (tertiary/aromatic N) is 2. The number of ether oxygens (including phenoxy) is 5. The molecule has 0 spiro atoms. The normalized spacial score (nSPS) is 14.6. The van der Waals surface area contributed by atoms with Gasteiger partial charge in [0.1, 0.15) is 34.3 Å². The van der Waals surface area contributed by atoms with Crippen molar-refractivity contribution in [2.75, 3.05) is 39.3 Å². The van der Waals surface area contributed by atoms with Gasteiger partial charge in [-0.25, -0.2) is 13.4 Å². The highest BCUT2D eigenvalue weighted by Gasteiger charge is 2.33. The van der Waals surface area contributed by atoms with Crippen molar-refractivity contribution in [3.8, 4) is 23.1 Å². The van der Waals surface area contributed by atoms with E-state index in [1.165, 1.54) is 37.6 Å². The number of carbonyl (C=O) groups is 1. The molecular formula is C32H32ClN3O8S. The SMILES string of the molecule is COc1ccc(CN2C(=O)c3cc(NS(=O)(=O)c4cc(Cl)ccc4OC)cnc3OC[C@@H]2COCc2ccccc2)c(OC)c1. The number of carbonyl (C=O) groups excluding carboxylic acids is 1. The van der Waals surface area contributed by atoms with Crippen LogP contribution in [0.2, 0.25) is 5.02 Å². The van der Waals surface area contributed by atoms with Crippen LogP contribution in [0.3, 0.4) is 0 Å². The number of fused-ring (bicyclic) bond motifs is 1. The van der Waals surface area contributed by atoms with E-state index in [2.05, 4.69) is 9.71 Å². The molecule has 5 rings (SSSR count). The van der Waals surface area contributed by atoms with E-state index >= 15 is 0 Å². The molecule has 13 heteroatoms. The first-order valence-electron chi connectivity index (χ1n) is 13.8. The number of methoxy groups -OCH3 is 3. The molecule has 0 fully saturated rings. The van der Waals surface area contributed by atoms with E-state index in [1.54, 1.807) is 31.3 Å². The first-order chi connectivity index (χ1) is 21.7. The van der Waals surface area contributed by atoms with Crippen LogP contribution in [-0.2, 0) is 27.9 Å². The highest BCUT2D eigenvalue weighted by atomic mass is 35.5. The Kier molecular flexibility index (Phi) is 9.96. The van der Waals surface area contributed by atoms with Crippen LogP contribution < -0.4 is 23.7 Å². The van der Waals surface area contributed by atoms with Gasteiger partial charge in [-0.15, -0.1) is 0 Å². The number of hydrogen-bond donors (Lipinski definition) is 1. The highest BCUT2D eigenvalue weighted by molar-refractivity contribution is 7.92. The van der Waals surface area contributed by atoms with E-state index in [9.17, 15) is 13.2 Å². The molecule has 0 bridgehead atoms. The molecule has 1 N–H and O–H groups in total. The maximum atomic E-state index is 14.2. The Balaban J connectivity index is 1.46. The number of pyridine rings is 1. The maximum Gasteiger partial charge on any atom is 0.265 e. The quantitative estimate of drug-likeness (QED) is 0.220. The second-order valence-corrected chi connectivity index (χ2v) is 12.1. The summed E-state index contributed by atoms with van der Waals surface area (Å²) in [7, 11) is 0.282. The maximum absolute atomic E-state index is 14.2. The van der Waals surface area contributed by atoms with E-state index < -0.39 is 22.0 Å². The first-order valence-corrected chi connectivity index (χ1v) is 15.7. The average molecular weight is 654 g/mol. The van der Waals surface area contributed by atoms with Gasteiger partial charge in [0.25, 0.3) is 15.9 Å². The number of sulfonamides is 1. The van der Waals surface area contributed by atoms with Gasteiger partial charge in [-0.1, -0.05) is 41.9 Å². The topological polar surface area (TPSA) is 126 Å². The summed E-state index contributed by atoms with van der Waals surface area (Å²) >= 11 is 6.07. The van der Waals surface area contributed by atoms with Crippen molar-refractivity contribution in [3.05, 3.63) is 101 Å². The predicted molar refractivity (Wildman–Crippen MR) is 168 cm³/mol. The summed E-state index contributed by atoms with van der Waals surface area (Å²) in [5.41, 5.74) is 1.83. The molecule has 45 heavy (non-hydrogen) atoms. The van der Waals surface area contributed by atoms with Crippen molar-refractivity contribution in [2.45, 2.75) is 24.1 Å². The van der Waals surface area contributed by atoms with Crippen LogP contribution in [-0.4, -0.2) is 64.8 Å². The minimum Gasteiger partial charge on any atom is -0.497 e. The zero-order valence-electron chi connectivity index (χ0n) is 24.9. The third-order valence-corrected chi connectivity index (χ3v) is 8.76. The monoisotopic (exact) mass is 653 g/mol. The molecule has 1 amide bonds. The molecule has 0 saturated carbocycles. The molecule has 1 aliphatic rings. The molecule has 1 aliphatic heterocycles. The lowest BCUT2D eigenvalue weighted by atomic mass is 10.1. The standard InChI is InChI=1S/C32H32ClN3O8S/c1-40-26-11-9-22(29(15-26)42-3)17-36-25(19-43-18-21-7-5-4-6-8-21)20-44-31-27(32(36)37)14-24(16-34-31)35-45(38,39)30-13-23(33)10-12-28(30)41-2/h4-16,25,35H,17-20H2,1-3H3/t25-/m0/s1. The summed E-state index contributed by atoms with van der Waals surface area (Å²) in [6, 6.07) is 20.2. The number of rotatable bonds is 12. The summed E-state index contributed by atoms with van der Waals surface area (Å²) in [5.74, 6) is 0.883. The molecule has 1 atom stereocenters. The van der Waals surface area contributed by atoms with Gasteiger partial charge < -0.3 is 28.6 Å². The molecule has 1 aromatic heterocycles. The van der Waals surface area contributed by atoms with E-state index in [0.717, 1.165) is 11.1 Å². The molecule has 4 aromatic rings.